The molecule has 3 nitrogen and oxygen atoms in total. The SMILES string of the molecule is CN1C[C@H](C(=O)O)C=C2c3cccc4scc(c34)C[C@H]21. The molecule has 0 radical (unpaired) electrons. The van der Waals surface area contributed by atoms with E-state index in [1.165, 1.54) is 26.8 Å². The Morgan fingerprint density at radius 3 is 3.10 bits per heavy atom. The smallest absolute Gasteiger partial charge is 0.311 e. The molecule has 1 aliphatic heterocycles. The van der Waals surface area contributed by atoms with Crippen LogP contribution in [0.2, 0.25) is 0 Å². The van der Waals surface area contributed by atoms with Gasteiger partial charge in [0.15, 0.2) is 0 Å². The Morgan fingerprint density at radius 2 is 2.30 bits per heavy atom. The van der Waals surface area contributed by atoms with E-state index in [1.54, 1.807) is 11.3 Å². The summed E-state index contributed by atoms with van der Waals surface area (Å²) >= 11 is 1.78. The topological polar surface area (TPSA) is 40.5 Å². The molecule has 2 aliphatic rings. The van der Waals surface area contributed by atoms with Crippen LogP contribution in [0.3, 0.4) is 0 Å². The van der Waals surface area contributed by atoms with Gasteiger partial charge in [-0.15, -0.1) is 11.3 Å². The highest BCUT2D eigenvalue weighted by molar-refractivity contribution is 7.17. The van der Waals surface area contributed by atoms with Crippen LogP contribution in [-0.2, 0) is 11.2 Å². The van der Waals surface area contributed by atoms with Gasteiger partial charge >= 0.3 is 5.97 Å². The minimum atomic E-state index is -0.730. The Labute approximate surface area is 121 Å². The second-order valence-corrected chi connectivity index (χ2v) is 6.58. The first-order chi connectivity index (χ1) is 9.65. The van der Waals surface area contributed by atoms with Crippen LogP contribution in [0.25, 0.3) is 15.7 Å². The number of carboxylic acid groups (broad SMARTS) is 1. The van der Waals surface area contributed by atoms with Crippen molar-refractivity contribution in [1.82, 2.24) is 4.90 Å². The maximum atomic E-state index is 11.3. The highest BCUT2D eigenvalue weighted by Gasteiger charge is 2.35. The molecule has 4 rings (SSSR count). The van der Waals surface area contributed by atoms with Gasteiger partial charge < -0.3 is 5.11 Å². The van der Waals surface area contributed by atoms with Gasteiger partial charge in [0.05, 0.1) is 5.92 Å². The molecular formula is C16H15NO2S. The van der Waals surface area contributed by atoms with E-state index in [2.05, 4.69) is 28.5 Å². The van der Waals surface area contributed by atoms with Gasteiger partial charge in [0.25, 0.3) is 0 Å². The molecule has 102 valence electrons. The maximum Gasteiger partial charge on any atom is 0.311 e. The van der Waals surface area contributed by atoms with Crippen molar-refractivity contribution >= 4 is 33.0 Å². The van der Waals surface area contributed by atoms with Crippen LogP contribution in [0.4, 0.5) is 0 Å². The van der Waals surface area contributed by atoms with E-state index in [-0.39, 0.29) is 0 Å². The second-order valence-electron chi connectivity index (χ2n) is 5.67. The lowest BCUT2D eigenvalue weighted by atomic mass is 9.80. The third-order valence-corrected chi connectivity index (χ3v) is 5.47. The van der Waals surface area contributed by atoms with Gasteiger partial charge in [-0.05, 0) is 41.6 Å². The first-order valence-corrected chi connectivity index (χ1v) is 7.67. The fourth-order valence-electron chi connectivity index (χ4n) is 3.49. The summed E-state index contributed by atoms with van der Waals surface area (Å²) in [6, 6.07) is 6.67. The summed E-state index contributed by atoms with van der Waals surface area (Å²) in [5.74, 6) is -1.13. The van der Waals surface area contributed by atoms with Crippen molar-refractivity contribution in [3.8, 4) is 0 Å². The molecule has 1 aromatic carbocycles. The Bertz CT molecular complexity index is 746. The zero-order chi connectivity index (χ0) is 13.9. The Morgan fingerprint density at radius 1 is 1.45 bits per heavy atom. The summed E-state index contributed by atoms with van der Waals surface area (Å²) in [6.45, 7) is 0.596. The molecule has 0 saturated carbocycles. The molecule has 4 heteroatoms. The van der Waals surface area contributed by atoms with Crippen LogP contribution in [0.15, 0.2) is 29.7 Å². The van der Waals surface area contributed by atoms with E-state index in [0.29, 0.717) is 12.6 Å². The van der Waals surface area contributed by atoms with Gasteiger partial charge in [-0.2, -0.15) is 0 Å². The summed E-state index contributed by atoms with van der Waals surface area (Å²) in [4.78, 5) is 13.5. The average Bonchev–Trinajstić information content (AvgIpc) is 2.84. The lowest BCUT2D eigenvalue weighted by Crippen LogP contribution is -2.44. The van der Waals surface area contributed by atoms with Gasteiger partial charge in [0, 0.05) is 22.7 Å². The largest absolute Gasteiger partial charge is 0.481 e. The zero-order valence-corrected chi connectivity index (χ0v) is 12.0. The molecule has 0 unspecified atom stereocenters. The van der Waals surface area contributed by atoms with Crippen molar-refractivity contribution in [2.75, 3.05) is 13.6 Å². The number of fused-ring (bicyclic) bond motifs is 2. The summed E-state index contributed by atoms with van der Waals surface area (Å²) < 4.78 is 1.30. The molecule has 0 saturated heterocycles. The molecule has 1 aromatic heterocycles. The molecule has 1 N–H and O–H groups in total. The van der Waals surface area contributed by atoms with E-state index in [9.17, 15) is 9.90 Å². The summed E-state index contributed by atoms with van der Waals surface area (Å²) in [6.07, 6.45) is 2.97. The lowest BCUT2D eigenvalue weighted by Gasteiger charge is -2.38. The maximum absolute atomic E-state index is 11.3. The van der Waals surface area contributed by atoms with E-state index >= 15 is 0 Å². The van der Waals surface area contributed by atoms with Gasteiger partial charge in [-0.3, -0.25) is 9.69 Å². The van der Waals surface area contributed by atoms with Crippen LogP contribution in [0.1, 0.15) is 11.1 Å². The fourth-order valence-corrected chi connectivity index (χ4v) is 4.49. The highest BCUT2D eigenvalue weighted by Crippen LogP contribution is 2.42. The summed E-state index contributed by atoms with van der Waals surface area (Å²) in [7, 11) is 2.03. The number of carbonyl (C=O) groups is 1. The number of nitrogens with zero attached hydrogens (tertiary/aromatic N) is 1. The second kappa shape index (κ2) is 4.17. The van der Waals surface area contributed by atoms with Gasteiger partial charge in [0.1, 0.15) is 0 Å². The van der Waals surface area contributed by atoms with Gasteiger partial charge in [0.2, 0.25) is 0 Å². The lowest BCUT2D eigenvalue weighted by molar-refractivity contribution is -0.140. The Balaban J connectivity index is 1.96. The molecule has 0 bridgehead atoms. The van der Waals surface area contributed by atoms with Crippen molar-refractivity contribution in [1.29, 1.82) is 0 Å². The number of hydrogen-bond acceptors (Lipinski definition) is 3. The molecule has 1 aliphatic carbocycles. The molecule has 2 heterocycles. The van der Waals surface area contributed by atoms with Crippen LogP contribution in [-0.4, -0.2) is 35.6 Å². The fraction of sp³-hybridized carbons (Fsp3) is 0.312. The van der Waals surface area contributed by atoms with Gasteiger partial charge in [-0.1, -0.05) is 18.2 Å². The number of hydrogen-bond donors (Lipinski definition) is 1. The molecule has 2 aromatic rings. The summed E-state index contributed by atoms with van der Waals surface area (Å²) in [5, 5.41) is 12.9. The van der Waals surface area contributed by atoms with Crippen molar-refractivity contribution in [3.63, 3.8) is 0 Å². The molecule has 0 amide bonds. The van der Waals surface area contributed by atoms with E-state index in [4.69, 9.17) is 0 Å². The van der Waals surface area contributed by atoms with Crippen molar-refractivity contribution in [2.45, 2.75) is 12.5 Å². The van der Waals surface area contributed by atoms with Crippen LogP contribution in [0, 0.1) is 5.92 Å². The Hall–Kier alpha value is -1.65. The summed E-state index contributed by atoms with van der Waals surface area (Å²) in [5.41, 5.74) is 3.83. The molecule has 0 fully saturated rings. The van der Waals surface area contributed by atoms with E-state index in [0.717, 1.165) is 6.42 Å². The standard InChI is InChI=1S/C16H15NO2S/c1-17-7-9(16(18)19)5-12-11-3-2-4-14-15(11)10(8-20-14)6-13(12)17/h2-5,8-9,13H,6-7H2,1H3,(H,18,19)/t9-,13-/m1/s1. The minimum absolute atomic E-state index is 0.318. The van der Waals surface area contributed by atoms with E-state index in [1.807, 2.05) is 13.1 Å². The van der Waals surface area contributed by atoms with Crippen molar-refractivity contribution in [3.05, 3.63) is 40.8 Å². The van der Waals surface area contributed by atoms with Crippen molar-refractivity contribution in [2.24, 2.45) is 5.92 Å². The zero-order valence-electron chi connectivity index (χ0n) is 11.2. The quantitative estimate of drug-likeness (QED) is 0.876. The highest BCUT2D eigenvalue weighted by atomic mass is 32.1. The first kappa shape index (κ1) is 12.1. The molecule has 2 atom stereocenters. The number of benzene rings is 1. The number of aliphatic carboxylic acids is 1. The van der Waals surface area contributed by atoms with Crippen molar-refractivity contribution < 1.29 is 9.90 Å². The number of carboxylic acids is 1. The van der Waals surface area contributed by atoms with Crippen LogP contribution >= 0.6 is 11.3 Å². The number of thiophene rings is 1. The predicted octanol–water partition coefficient (Wildman–Crippen LogP) is 2.86. The molecule has 20 heavy (non-hydrogen) atoms. The minimum Gasteiger partial charge on any atom is -0.481 e. The molecule has 0 spiro atoms. The monoisotopic (exact) mass is 285 g/mol. The first-order valence-electron chi connectivity index (χ1n) is 6.79. The van der Waals surface area contributed by atoms with Crippen LogP contribution in [0.5, 0.6) is 0 Å². The van der Waals surface area contributed by atoms with Gasteiger partial charge in [-0.25, -0.2) is 0 Å². The predicted molar refractivity (Wildman–Crippen MR) is 81.0 cm³/mol. The van der Waals surface area contributed by atoms with Crippen LogP contribution < -0.4 is 0 Å². The third kappa shape index (κ3) is 1.58. The third-order valence-electron chi connectivity index (χ3n) is 4.47. The van der Waals surface area contributed by atoms with E-state index < -0.39 is 11.9 Å². The number of likely N-dealkylation sites (N-methyl/N-ethyl adjacent to an activating group) is 1. The Kier molecular flexibility index (Phi) is 2.53. The number of rotatable bonds is 1. The average molecular weight is 285 g/mol. The normalized spacial score (nSPS) is 25.4. The molecular weight excluding hydrogens is 270 g/mol.